The summed E-state index contributed by atoms with van der Waals surface area (Å²) in [6.45, 7) is 2.17. The Morgan fingerprint density at radius 1 is 0.885 bits per heavy atom. The molecule has 0 unspecified atom stereocenters. The van der Waals surface area contributed by atoms with E-state index in [1.165, 1.54) is 43.2 Å². The SMILES string of the molecule is CB1N[C@H](C2CCCCC2)C(Cc2ccccc2)(Cc2ccccc2)O1. The van der Waals surface area contributed by atoms with Gasteiger partial charge in [0.1, 0.15) is 0 Å². The van der Waals surface area contributed by atoms with E-state index in [0.717, 1.165) is 18.8 Å². The minimum Gasteiger partial charge on any atom is -0.414 e. The van der Waals surface area contributed by atoms with Crippen LogP contribution in [0.25, 0.3) is 0 Å². The van der Waals surface area contributed by atoms with Crippen molar-refractivity contribution in [1.29, 1.82) is 0 Å². The summed E-state index contributed by atoms with van der Waals surface area (Å²) in [6.07, 6.45) is 8.73. The minimum atomic E-state index is -0.163. The highest BCUT2D eigenvalue weighted by molar-refractivity contribution is 6.48. The van der Waals surface area contributed by atoms with E-state index in [4.69, 9.17) is 4.65 Å². The molecule has 1 atom stereocenters. The predicted octanol–water partition coefficient (Wildman–Crippen LogP) is 4.90. The van der Waals surface area contributed by atoms with Crippen molar-refractivity contribution in [1.82, 2.24) is 5.23 Å². The molecule has 2 aromatic rings. The molecule has 136 valence electrons. The van der Waals surface area contributed by atoms with E-state index in [-0.39, 0.29) is 12.7 Å². The molecule has 3 heteroatoms. The monoisotopic (exact) mass is 347 g/mol. The maximum Gasteiger partial charge on any atom is 0.377 e. The summed E-state index contributed by atoms with van der Waals surface area (Å²) in [5.74, 6) is 0.723. The molecule has 1 N–H and O–H groups in total. The lowest BCUT2D eigenvalue weighted by Gasteiger charge is -2.41. The second kappa shape index (κ2) is 7.98. The van der Waals surface area contributed by atoms with Crippen LogP contribution < -0.4 is 5.23 Å². The highest BCUT2D eigenvalue weighted by Crippen LogP contribution is 2.40. The molecule has 1 saturated heterocycles. The maximum absolute atomic E-state index is 6.71. The fourth-order valence-corrected chi connectivity index (χ4v) is 5.15. The second-order valence-corrected chi connectivity index (χ2v) is 8.19. The summed E-state index contributed by atoms with van der Waals surface area (Å²) in [5.41, 5.74) is 2.59. The molecule has 0 spiro atoms. The van der Waals surface area contributed by atoms with Gasteiger partial charge < -0.3 is 9.88 Å². The Morgan fingerprint density at radius 2 is 1.42 bits per heavy atom. The molecular weight excluding hydrogens is 317 g/mol. The zero-order chi connectivity index (χ0) is 17.8. The molecule has 1 saturated carbocycles. The van der Waals surface area contributed by atoms with E-state index in [9.17, 15) is 0 Å². The Kier molecular flexibility index (Phi) is 5.47. The topological polar surface area (TPSA) is 21.3 Å². The molecule has 0 amide bonds. The standard InChI is InChI=1S/C23H30BNO/c1-24-25-22(21-15-9-4-10-16-21)23(26-24,17-19-11-5-2-6-12-19)18-20-13-7-3-8-14-20/h2-3,5-8,11-14,21-22,25H,4,9-10,15-18H2,1H3/t22-/m1/s1. The van der Waals surface area contributed by atoms with Gasteiger partial charge in [0.15, 0.2) is 0 Å². The average molecular weight is 347 g/mol. The molecule has 2 aliphatic rings. The third-order valence-electron chi connectivity index (χ3n) is 6.21. The molecule has 4 rings (SSSR count). The molecule has 0 radical (unpaired) electrons. The van der Waals surface area contributed by atoms with Gasteiger partial charge in [0.2, 0.25) is 0 Å². The molecule has 1 aliphatic carbocycles. The highest BCUT2D eigenvalue weighted by atomic mass is 16.5. The van der Waals surface area contributed by atoms with Crippen LogP contribution in [-0.2, 0) is 17.5 Å². The minimum absolute atomic E-state index is 0.120. The maximum atomic E-state index is 6.71. The fourth-order valence-electron chi connectivity index (χ4n) is 5.15. The smallest absolute Gasteiger partial charge is 0.377 e. The van der Waals surface area contributed by atoms with E-state index >= 15 is 0 Å². The molecule has 0 bridgehead atoms. The van der Waals surface area contributed by atoms with Gasteiger partial charge in [-0.2, -0.15) is 0 Å². The van der Waals surface area contributed by atoms with Crippen LogP contribution in [0.1, 0.15) is 43.2 Å². The van der Waals surface area contributed by atoms with Crippen molar-refractivity contribution in [2.75, 3.05) is 0 Å². The van der Waals surface area contributed by atoms with Crippen molar-refractivity contribution in [2.45, 2.75) is 63.4 Å². The molecule has 1 heterocycles. The Bertz CT molecular complexity index is 642. The highest BCUT2D eigenvalue weighted by Gasteiger charge is 2.50. The predicted molar refractivity (Wildman–Crippen MR) is 109 cm³/mol. The van der Waals surface area contributed by atoms with Gasteiger partial charge in [0.25, 0.3) is 0 Å². The van der Waals surface area contributed by atoms with E-state index in [0.29, 0.717) is 6.04 Å². The first-order valence-electron chi connectivity index (χ1n) is 10.3. The number of hydrogen-bond donors (Lipinski definition) is 1. The number of hydrogen-bond acceptors (Lipinski definition) is 2. The lowest BCUT2D eigenvalue weighted by Crippen LogP contribution is -2.52. The number of benzene rings is 2. The van der Waals surface area contributed by atoms with Crippen LogP contribution in [0.4, 0.5) is 0 Å². The van der Waals surface area contributed by atoms with Crippen LogP contribution in [0.15, 0.2) is 60.7 Å². The van der Waals surface area contributed by atoms with Gasteiger partial charge in [-0.15, -0.1) is 0 Å². The quantitative estimate of drug-likeness (QED) is 0.777. The Labute approximate surface area is 158 Å². The zero-order valence-electron chi connectivity index (χ0n) is 15.9. The van der Waals surface area contributed by atoms with Gasteiger partial charge in [-0.25, -0.2) is 0 Å². The van der Waals surface area contributed by atoms with Crippen LogP contribution in [0.3, 0.4) is 0 Å². The third kappa shape index (κ3) is 3.89. The van der Waals surface area contributed by atoms with Crippen LogP contribution in [0.2, 0.25) is 6.82 Å². The number of nitrogens with one attached hydrogen (secondary N) is 1. The van der Waals surface area contributed by atoms with Crippen molar-refractivity contribution < 1.29 is 4.65 Å². The van der Waals surface area contributed by atoms with Gasteiger partial charge in [-0.1, -0.05) is 79.9 Å². The second-order valence-electron chi connectivity index (χ2n) is 8.19. The van der Waals surface area contributed by atoms with Gasteiger partial charge in [-0.05, 0) is 36.7 Å². The summed E-state index contributed by atoms with van der Waals surface area (Å²) >= 11 is 0. The molecule has 2 nitrogen and oxygen atoms in total. The Hall–Kier alpha value is -1.58. The van der Waals surface area contributed by atoms with Crippen molar-refractivity contribution in [2.24, 2.45) is 5.92 Å². The molecule has 1 aliphatic heterocycles. The third-order valence-corrected chi connectivity index (χ3v) is 6.21. The first-order valence-corrected chi connectivity index (χ1v) is 10.3. The van der Waals surface area contributed by atoms with Crippen molar-refractivity contribution in [3.63, 3.8) is 0 Å². The summed E-state index contributed by atoms with van der Waals surface area (Å²) in [5, 5.41) is 3.83. The van der Waals surface area contributed by atoms with E-state index in [2.05, 4.69) is 72.7 Å². The van der Waals surface area contributed by atoms with Crippen molar-refractivity contribution in [3.8, 4) is 0 Å². The summed E-state index contributed by atoms with van der Waals surface area (Å²) in [4.78, 5) is 0. The molecule has 2 fully saturated rings. The van der Waals surface area contributed by atoms with Gasteiger partial charge in [-0.3, -0.25) is 0 Å². The van der Waals surface area contributed by atoms with E-state index < -0.39 is 0 Å². The zero-order valence-corrected chi connectivity index (χ0v) is 15.9. The molecule has 26 heavy (non-hydrogen) atoms. The van der Waals surface area contributed by atoms with Crippen LogP contribution in [0, 0.1) is 5.92 Å². The summed E-state index contributed by atoms with van der Waals surface area (Å²) < 4.78 is 6.71. The average Bonchev–Trinajstić information content (AvgIpc) is 2.99. The van der Waals surface area contributed by atoms with Crippen molar-refractivity contribution >= 4 is 7.05 Å². The Morgan fingerprint density at radius 3 is 1.96 bits per heavy atom. The number of rotatable bonds is 5. The van der Waals surface area contributed by atoms with Gasteiger partial charge in [0, 0.05) is 18.9 Å². The first kappa shape index (κ1) is 17.8. The lowest BCUT2D eigenvalue weighted by atomic mass is 9.72. The van der Waals surface area contributed by atoms with Gasteiger partial charge >= 0.3 is 7.05 Å². The van der Waals surface area contributed by atoms with Crippen LogP contribution in [0.5, 0.6) is 0 Å². The lowest BCUT2D eigenvalue weighted by molar-refractivity contribution is 0.0410. The summed E-state index contributed by atoms with van der Waals surface area (Å²) in [7, 11) is 0.120. The largest absolute Gasteiger partial charge is 0.414 e. The fraction of sp³-hybridized carbons (Fsp3) is 0.478. The molecular formula is C23H30BNO. The van der Waals surface area contributed by atoms with Gasteiger partial charge in [0.05, 0.1) is 5.60 Å². The summed E-state index contributed by atoms with van der Waals surface area (Å²) in [6, 6.07) is 22.2. The van der Waals surface area contributed by atoms with E-state index in [1.54, 1.807) is 0 Å². The first-order chi connectivity index (χ1) is 12.8. The van der Waals surface area contributed by atoms with Crippen molar-refractivity contribution in [3.05, 3.63) is 71.8 Å². The molecule has 0 aromatic heterocycles. The molecule has 2 aromatic carbocycles. The normalized spacial score (nSPS) is 23.3. The Balaban J connectivity index is 1.67. The van der Waals surface area contributed by atoms with E-state index in [1.807, 2.05) is 0 Å². The van der Waals surface area contributed by atoms with Crippen LogP contribution in [-0.4, -0.2) is 18.7 Å². The van der Waals surface area contributed by atoms with Crippen LogP contribution >= 0.6 is 0 Å².